The number of nitrogens with zero attached hydrogens (tertiary/aromatic N) is 2. The summed E-state index contributed by atoms with van der Waals surface area (Å²) >= 11 is 0. The lowest BCUT2D eigenvalue weighted by Gasteiger charge is -2.36. The third-order valence-corrected chi connectivity index (χ3v) is 5.95. The molecule has 106 valence electrons. The van der Waals surface area contributed by atoms with E-state index in [-0.39, 0.29) is 0 Å². The standard InChI is InChI=1S/C12H25N3O2S/c1-13-6-2-3-10-18(16,17)15-9-8-14-7-4-5-12(14)11-15/h12-13H,2-11H2,1H3. The van der Waals surface area contributed by atoms with Gasteiger partial charge in [0, 0.05) is 25.7 Å². The third-order valence-electron chi connectivity index (χ3n) is 4.02. The average molecular weight is 275 g/mol. The topological polar surface area (TPSA) is 52.7 Å². The minimum absolute atomic E-state index is 0.307. The molecule has 2 fully saturated rings. The second-order valence-corrected chi connectivity index (χ2v) is 7.41. The molecule has 2 saturated heterocycles. The Morgan fingerprint density at radius 1 is 1.22 bits per heavy atom. The Balaban J connectivity index is 1.82. The van der Waals surface area contributed by atoms with Crippen LogP contribution in [0.1, 0.15) is 25.7 Å². The van der Waals surface area contributed by atoms with Gasteiger partial charge < -0.3 is 5.32 Å². The Hall–Kier alpha value is -0.170. The fraction of sp³-hybridized carbons (Fsp3) is 1.00. The summed E-state index contributed by atoms with van der Waals surface area (Å²) in [4.78, 5) is 2.44. The second-order valence-electron chi connectivity index (χ2n) is 5.32. The molecule has 1 N–H and O–H groups in total. The zero-order chi connectivity index (χ0) is 13.0. The number of nitrogens with one attached hydrogen (secondary N) is 1. The minimum atomic E-state index is -3.02. The van der Waals surface area contributed by atoms with Gasteiger partial charge in [0.1, 0.15) is 0 Å². The largest absolute Gasteiger partial charge is 0.320 e. The van der Waals surface area contributed by atoms with E-state index in [1.807, 2.05) is 7.05 Å². The van der Waals surface area contributed by atoms with Crippen molar-refractivity contribution in [2.24, 2.45) is 0 Å². The van der Waals surface area contributed by atoms with Crippen LogP contribution in [-0.4, -0.2) is 69.2 Å². The van der Waals surface area contributed by atoms with Crippen LogP contribution in [0.2, 0.25) is 0 Å². The highest BCUT2D eigenvalue weighted by Gasteiger charge is 2.35. The van der Waals surface area contributed by atoms with Crippen LogP contribution >= 0.6 is 0 Å². The molecule has 0 spiro atoms. The molecule has 2 rings (SSSR count). The molecule has 18 heavy (non-hydrogen) atoms. The third kappa shape index (κ3) is 3.44. The highest BCUT2D eigenvalue weighted by atomic mass is 32.2. The van der Waals surface area contributed by atoms with Crippen molar-refractivity contribution in [1.82, 2.24) is 14.5 Å². The first-order valence-electron chi connectivity index (χ1n) is 7.00. The maximum atomic E-state index is 12.2. The zero-order valence-corrected chi connectivity index (χ0v) is 12.1. The summed E-state index contributed by atoms with van der Waals surface area (Å²) in [5, 5.41) is 3.05. The molecule has 2 aliphatic heterocycles. The van der Waals surface area contributed by atoms with Gasteiger partial charge in [-0.25, -0.2) is 8.42 Å². The Labute approximate surface area is 111 Å². The van der Waals surface area contributed by atoms with Crippen LogP contribution in [0.3, 0.4) is 0 Å². The van der Waals surface area contributed by atoms with Crippen molar-refractivity contribution in [2.45, 2.75) is 31.7 Å². The van der Waals surface area contributed by atoms with Crippen molar-refractivity contribution < 1.29 is 8.42 Å². The number of fused-ring (bicyclic) bond motifs is 1. The molecule has 0 aromatic rings. The van der Waals surface area contributed by atoms with Crippen LogP contribution in [0.5, 0.6) is 0 Å². The molecular weight excluding hydrogens is 250 g/mol. The van der Waals surface area contributed by atoms with E-state index in [4.69, 9.17) is 0 Å². The molecule has 0 radical (unpaired) electrons. The van der Waals surface area contributed by atoms with E-state index in [1.165, 1.54) is 6.42 Å². The highest BCUT2D eigenvalue weighted by Crippen LogP contribution is 2.23. The van der Waals surface area contributed by atoms with Crippen LogP contribution in [0, 0.1) is 0 Å². The normalized spacial score (nSPS) is 26.4. The van der Waals surface area contributed by atoms with E-state index in [9.17, 15) is 8.42 Å². The van der Waals surface area contributed by atoms with E-state index in [2.05, 4.69) is 10.2 Å². The molecule has 0 saturated carbocycles. The number of sulfonamides is 1. The van der Waals surface area contributed by atoms with Gasteiger partial charge in [-0.3, -0.25) is 4.90 Å². The summed E-state index contributed by atoms with van der Waals surface area (Å²) in [7, 11) is -1.13. The van der Waals surface area contributed by atoms with Gasteiger partial charge in [0.25, 0.3) is 0 Å². The van der Waals surface area contributed by atoms with Gasteiger partial charge in [0.15, 0.2) is 0 Å². The summed E-state index contributed by atoms with van der Waals surface area (Å²) in [6.45, 7) is 4.37. The number of rotatable bonds is 6. The fourth-order valence-electron chi connectivity index (χ4n) is 2.93. The minimum Gasteiger partial charge on any atom is -0.320 e. The maximum Gasteiger partial charge on any atom is 0.214 e. The quantitative estimate of drug-likeness (QED) is 0.698. The van der Waals surface area contributed by atoms with Gasteiger partial charge >= 0.3 is 0 Å². The molecule has 0 aliphatic carbocycles. The summed E-state index contributed by atoms with van der Waals surface area (Å²) in [6, 6.07) is 0.478. The summed E-state index contributed by atoms with van der Waals surface area (Å²) in [5.74, 6) is 0.307. The van der Waals surface area contributed by atoms with Crippen LogP contribution in [-0.2, 0) is 10.0 Å². The number of unbranched alkanes of at least 4 members (excludes halogenated alkanes) is 1. The molecule has 2 heterocycles. The van der Waals surface area contributed by atoms with E-state index < -0.39 is 10.0 Å². The molecule has 0 amide bonds. The molecule has 2 aliphatic rings. The molecular formula is C12H25N3O2S. The van der Waals surface area contributed by atoms with Gasteiger partial charge in [0.2, 0.25) is 10.0 Å². The average Bonchev–Trinajstić information content (AvgIpc) is 2.82. The van der Waals surface area contributed by atoms with Gasteiger partial charge in [-0.15, -0.1) is 0 Å². The van der Waals surface area contributed by atoms with Gasteiger partial charge in [-0.1, -0.05) is 0 Å². The van der Waals surface area contributed by atoms with E-state index >= 15 is 0 Å². The predicted octanol–water partition coefficient (Wildman–Crippen LogP) is 0.0958. The Kier molecular flexibility index (Phi) is 5.00. The molecule has 5 nitrogen and oxygen atoms in total. The monoisotopic (exact) mass is 275 g/mol. The van der Waals surface area contributed by atoms with Crippen LogP contribution < -0.4 is 5.32 Å². The first-order valence-corrected chi connectivity index (χ1v) is 8.61. The molecule has 1 unspecified atom stereocenters. The Bertz CT molecular complexity index is 358. The van der Waals surface area contributed by atoms with Gasteiger partial charge in [0.05, 0.1) is 5.75 Å². The number of piperazine rings is 1. The zero-order valence-electron chi connectivity index (χ0n) is 11.3. The summed E-state index contributed by atoms with van der Waals surface area (Å²) in [5.41, 5.74) is 0. The fourth-order valence-corrected chi connectivity index (χ4v) is 4.52. The maximum absolute atomic E-state index is 12.2. The summed E-state index contributed by atoms with van der Waals surface area (Å²) in [6.07, 6.45) is 4.07. The van der Waals surface area contributed by atoms with Crippen molar-refractivity contribution in [1.29, 1.82) is 0 Å². The van der Waals surface area contributed by atoms with Crippen LogP contribution in [0.4, 0.5) is 0 Å². The van der Waals surface area contributed by atoms with Gasteiger partial charge in [-0.05, 0) is 45.8 Å². The first-order chi connectivity index (χ1) is 8.63. The Morgan fingerprint density at radius 2 is 2.06 bits per heavy atom. The van der Waals surface area contributed by atoms with E-state index in [0.717, 1.165) is 38.9 Å². The lowest BCUT2D eigenvalue weighted by Crippen LogP contribution is -2.52. The molecule has 0 aromatic carbocycles. The molecule has 6 heteroatoms. The van der Waals surface area contributed by atoms with Crippen LogP contribution in [0.15, 0.2) is 0 Å². The second kappa shape index (κ2) is 6.32. The van der Waals surface area contributed by atoms with Gasteiger partial charge in [-0.2, -0.15) is 4.31 Å². The van der Waals surface area contributed by atoms with Crippen LogP contribution in [0.25, 0.3) is 0 Å². The van der Waals surface area contributed by atoms with E-state index in [0.29, 0.717) is 24.9 Å². The van der Waals surface area contributed by atoms with Crippen molar-refractivity contribution >= 4 is 10.0 Å². The highest BCUT2D eigenvalue weighted by molar-refractivity contribution is 7.89. The Morgan fingerprint density at radius 3 is 2.83 bits per heavy atom. The number of hydrogen-bond donors (Lipinski definition) is 1. The van der Waals surface area contributed by atoms with Crippen molar-refractivity contribution in [3.05, 3.63) is 0 Å². The van der Waals surface area contributed by atoms with Crippen molar-refractivity contribution in [3.8, 4) is 0 Å². The SMILES string of the molecule is CNCCCCS(=O)(=O)N1CCN2CCCC2C1. The first kappa shape index (κ1) is 14.2. The van der Waals surface area contributed by atoms with E-state index in [1.54, 1.807) is 4.31 Å². The lowest BCUT2D eigenvalue weighted by molar-refractivity contribution is 0.158. The summed E-state index contributed by atoms with van der Waals surface area (Å²) < 4.78 is 26.2. The smallest absolute Gasteiger partial charge is 0.214 e. The molecule has 0 aromatic heterocycles. The van der Waals surface area contributed by atoms with Crippen molar-refractivity contribution in [2.75, 3.05) is 45.5 Å². The predicted molar refractivity (Wildman–Crippen MR) is 73.1 cm³/mol. The lowest BCUT2D eigenvalue weighted by atomic mass is 10.2. The van der Waals surface area contributed by atoms with Crippen molar-refractivity contribution in [3.63, 3.8) is 0 Å². The number of hydrogen-bond acceptors (Lipinski definition) is 4. The molecule has 1 atom stereocenters. The molecule has 0 bridgehead atoms.